The molecule has 144 valence electrons. The number of hydrogen-bond acceptors (Lipinski definition) is 3. The Morgan fingerprint density at radius 3 is 2.56 bits per heavy atom. The predicted octanol–water partition coefficient (Wildman–Crippen LogP) is 3.75. The lowest BCUT2D eigenvalue weighted by molar-refractivity contribution is -0.126. The number of likely N-dealkylation sites (tertiary alicyclic amines) is 1. The zero-order valence-electron chi connectivity index (χ0n) is 15.8. The first-order chi connectivity index (χ1) is 13.2. The summed E-state index contributed by atoms with van der Waals surface area (Å²) in [6, 6.07) is 14.4. The summed E-state index contributed by atoms with van der Waals surface area (Å²) in [5, 5.41) is 3.06. The first-order valence-corrected chi connectivity index (χ1v) is 9.61. The standard InChI is InChI=1S/C22H27FN2O2/c1-2-27-21-6-4-3-5-19(21)15-24-22(26)18-11-13-25(14-12-18)16-17-7-9-20(23)10-8-17/h3-10,18H,2,11-16H2,1H3,(H,24,26). The van der Waals surface area contributed by atoms with Crippen LogP contribution in [0.3, 0.4) is 0 Å². The summed E-state index contributed by atoms with van der Waals surface area (Å²) >= 11 is 0. The van der Waals surface area contributed by atoms with Crippen LogP contribution in [0.15, 0.2) is 48.5 Å². The third-order valence-electron chi connectivity index (χ3n) is 5.00. The molecule has 0 saturated carbocycles. The largest absolute Gasteiger partial charge is 0.494 e. The van der Waals surface area contributed by atoms with Gasteiger partial charge in [0.25, 0.3) is 0 Å². The zero-order valence-corrected chi connectivity index (χ0v) is 15.8. The van der Waals surface area contributed by atoms with Crippen LogP contribution >= 0.6 is 0 Å². The fraction of sp³-hybridized carbons (Fsp3) is 0.409. The number of ether oxygens (including phenoxy) is 1. The van der Waals surface area contributed by atoms with Crippen molar-refractivity contribution in [3.63, 3.8) is 0 Å². The molecular formula is C22H27FN2O2. The highest BCUT2D eigenvalue weighted by Crippen LogP contribution is 2.21. The summed E-state index contributed by atoms with van der Waals surface area (Å²) < 4.78 is 18.6. The second kappa shape index (κ2) is 9.51. The van der Waals surface area contributed by atoms with Gasteiger partial charge >= 0.3 is 0 Å². The Kier molecular flexibility index (Phi) is 6.82. The highest BCUT2D eigenvalue weighted by molar-refractivity contribution is 5.78. The molecule has 1 aliphatic rings. The molecule has 1 fully saturated rings. The Balaban J connectivity index is 1.45. The molecule has 1 aliphatic heterocycles. The van der Waals surface area contributed by atoms with Crippen molar-refractivity contribution < 1.29 is 13.9 Å². The summed E-state index contributed by atoms with van der Waals surface area (Å²) in [4.78, 5) is 14.9. The minimum Gasteiger partial charge on any atom is -0.494 e. The number of carbonyl (C=O) groups excluding carboxylic acids is 1. The van der Waals surface area contributed by atoms with E-state index in [2.05, 4.69) is 10.2 Å². The summed E-state index contributed by atoms with van der Waals surface area (Å²) in [6.45, 7) is 5.61. The fourth-order valence-electron chi connectivity index (χ4n) is 3.47. The van der Waals surface area contributed by atoms with Gasteiger partial charge in [-0.05, 0) is 56.6 Å². The van der Waals surface area contributed by atoms with Crippen molar-refractivity contribution in [3.05, 3.63) is 65.5 Å². The van der Waals surface area contributed by atoms with Crippen LogP contribution in [0, 0.1) is 11.7 Å². The van der Waals surface area contributed by atoms with Crippen LogP contribution in [0.5, 0.6) is 5.75 Å². The maximum atomic E-state index is 13.0. The van der Waals surface area contributed by atoms with Gasteiger partial charge in [0.05, 0.1) is 6.61 Å². The topological polar surface area (TPSA) is 41.6 Å². The van der Waals surface area contributed by atoms with Crippen molar-refractivity contribution in [2.75, 3.05) is 19.7 Å². The van der Waals surface area contributed by atoms with Gasteiger partial charge in [0.15, 0.2) is 0 Å². The number of benzene rings is 2. The molecule has 3 rings (SSSR count). The second-order valence-corrected chi connectivity index (χ2v) is 6.94. The number of halogens is 1. The molecule has 0 radical (unpaired) electrons. The molecular weight excluding hydrogens is 343 g/mol. The van der Waals surface area contributed by atoms with Crippen LogP contribution in [-0.4, -0.2) is 30.5 Å². The Bertz CT molecular complexity index is 740. The van der Waals surface area contributed by atoms with Gasteiger partial charge in [0.2, 0.25) is 5.91 Å². The van der Waals surface area contributed by atoms with E-state index in [4.69, 9.17) is 4.74 Å². The highest BCUT2D eigenvalue weighted by atomic mass is 19.1. The van der Waals surface area contributed by atoms with Crippen molar-refractivity contribution in [2.45, 2.75) is 32.9 Å². The number of piperidine rings is 1. The predicted molar refractivity (Wildman–Crippen MR) is 104 cm³/mol. The van der Waals surface area contributed by atoms with Gasteiger partial charge in [-0.1, -0.05) is 30.3 Å². The number of amides is 1. The van der Waals surface area contributed by atoms with E-state index in [1.807, 2.05) is 43.3 Å². The number of hydrogen-bond donors (Lipinski definition) is 1. The first-order valence-electron chi connectivity index (χ1n) is 9.61. The van der Waals surface area contributed by atoms with E-state index in [1.54, 1.807) is 0 Å². The lowest BCUT2D eigenvalue weighted by Gasteiger charge is -2.31. The minimum atomic E-state index is -0.208. The van der Waals surface area contributed by atoms with Gasteiger partial charge in [-0.15, -0.1) is 0 Å². The second-order valence-electron chi connectivity index (χ2n) is 6.94. The monoisotopic (exact) mass is 370 g/mol. The van der Waals surface area contributed by atoms with Crippen molar-refractivity contribution >= 4 is 5.91 Å². The van der Waals surface area contributed by atoms with Crippen molar-refractivity contribution in [3.8, 4) is 5.75 Å². The fourth-order valence-corrected chi connectivity index (χ4v) is 3.47. The van der Waals surface area contributed by atoms with Crippen molar-refractivity contribution in [2.24, 2.45) is 5.92 Å². The van der Waals surface area contributed by atoms with E-state index in [-0.39, 0.29) is 17.6 Å². The molecule has 0 bridgehead atoms. The average Bonchev–Trinajstić information content (AvgIpc) is 2.70. The van der Waals surface area contributed by atoms with Gasteiger partial charge < -0.3 is 10.1 Å². The van der Waals surface area contributed by atoms with E-state index in [0.29, 0.717) is 13.2 Å². The van der Waals surface area contributed by atoms with Gasteiger partial charge in [-0.3, -0.25) is 9.69 Å². The number of para-hydroxylation sites is 1. The summed E-state index contributed by atoms with van der Waals surface area (Å²) in [5.41, 5.74) is 2.10. The van der Waals surface area contributed by atoms with Gasteiger partial charge in [-0.2, -0.15) is 0 Å². The maximum Gasteiger partial charge on any atom is 0.223 e. The van der Waals surface area contributed by atoms with E-state index in [1.165, 1.54) is 12.1 Å². The van der Waals surface area contributed by atoms with E-state index in [9.17, 15) is 9.18 Å². The molecule has 0 spiro atoms. The average molecular weight is 370 g/mol. The summed E-state index contributed by atoms with van der Waals surface area (Å²) in [6.07, 6.45) is 1.69. The summed E-state index contributed by atoms with van der Waals surface area (Å²) in [7, 11) is 0. The first kappa shape index (κ1) is 19.4. The Morgan fingerprint density at radius 1 is 1.15 bits per heavy atom. The Labute approximate surface area is 160 Å². The molecule has 1 amide bonds. The molecule has 1 heterocycles. The summed E-state index contributed by atoms with van der Waals surface area (Å²) in [5.74, 6) is 0.783. The van der Waals surface area contributed by atoms with E-state index in [0.717, 1.165) is 49.4 Å². The molecule has 27 heavy (non-hydrogen) atoms. The molecule has 2 aromatic rings. The van der Waals surface area contributed by atoms with Gasteiger partial charge in [-0.25, -0.2) is 4.39 Å². The quantitative estimate of drug-likeness (QED) is 0.807. The molecule has 0 unspecified atom stereocenters. The minimum absolute atomic E-state index is 0.0497. The number of carbonyl (C=O) groups is 1. The third kappa shape index (κ3) is 5.54. The number of rotatable bonds is 7. The normalized spacial score (nSPS) is 15.5. The van der Waals surface area contributed by atoms with Crippen LogP contribution in [0.4, 0.5) is 4.39 Å². The lowest BCUT2D eigenvalue weighted by Crippen LogP contribution is -2.40. The van der Waals surface area contributed by atoms with Gasteiger partial charge in [0, 0.05) is 24.6 Å². The number of nitrogens with one attached hydrogen (secondary N) is 1. The van der Waals surface area contributed by atoms with Crippen LogP contribution < -0.4 is 10.1 Å². The Hall–Kier alpha value is -2.40. The van der Waals surface area contributed by atoms with Crippen molar-refractivity contribution in [1.29, 1.82) is 0 Å². The molecule has 4 nitrogen and oxygen atoms in total. The smallest absolute Gasteiger partial charge is 0.223 e. The molecule has 2 aromatic carbocycles. The van der Waals surface area contributed by atoms with Crippen LogP contribution in [0.2, 0.25) is 0 Å². The molecule has 0 atom stereocenters. The van der Waals surface area contributed by atoms with Crippen LogP contribution in [0.25, 0.3) is 0 Å². The number of nitrogens with zero attached hydrogens (tertiary/aromatic N) is 1. The molecule has 0 aliphatic carbocycles. The molecule has 5 heteroatoms. The van der Waals surface area contributed by atoms with Crippen molar-refractivity contribution in [1.82, 2.24) is 10.2 Å². The van der Waals surface area contributed by atoms with Gasteiger partial charge in [0.1, 0.15) is 11.6 Å². The zero-order chi connectivity index (χ0) is 19.1. The third-order valence-corrected chi connectivity index (χ3v) is 5.00. The lowest BCUT2D eigenvalue weighted by atomic mass is 9.95. The SMILES string of the molecule is CCOc1ccccc1CNC(=O)C1CCN(Cc2ccc(F)cc2)CC1. The van der Waals surface area contributed by atoms with E-state index >= 15 is 0 Å². The van der Waals surface area contributed by atoms with Crippen LogP contribution in [0.1, 0.15) is 30.9 Å². The maximum absolute atomic E-state index is 13.0. The molecule has 1 N–H and O–H groups in total. The van der Waals surface area contributed by atoms with Crippen LogP contribution in [-0.2, 0) is 17.9 Å². The highest BCUT2D eigenvalue weighted by Gasteiger charge is 2.25. The Morgan fingerprint density at radius 2 is 1.85 bits per heavy atom. The van der Waals surface area contributed by atoms with E-state index < -0.39 is 0 Å². The molecule has 1 saturated heterocycles. The molecule has 0 aromatic heterocycles.